The normalized spacial score (nSPS) is 12.1. The first kappa shape index (κ1) is 23.4. The minimum absolute atomic E-state index is 0.185. The molecule has 0 unspecified atom stereocenters. The quantitative estimate of drug-likeness (QED) is 0.180. The fraction of sp³-hybridized carbons (Fsp3) is 0.895. The van der Waals surface area contributed by atoms with E-state index < -0.39 is 18.0 Å². The standard InChI is InChI=1S/C19H37NO3S/c1-2-3-4-5-6-7-8-9-10-11-12-13-14-15-18(21)23-19(22)17(20)16-24/h17,24H,2-16,20H2,1H3/t17-/m0/s1. The van der Waals surface area contributed by atoms with Crippen LogP contribution in [-0.4, -0.2) is 23.7 Å². The van der Waals surface area contributed by atoms with E-state index in [0.717, 1.165) is 19.3 Å². The van der Waals surface area contributed by atoms with E-state index in [9.17, 15) is 9.59 Å². The van der Waals surface area contributed by atoms with Crippen molar-refractivity contribution in [2.45, 2.75) is 103 Å². The van der Waals surface area contributed by atoms with Crippen LogP contribution in [0.1, 0.15) is 96.8 Å². The predicted octanol–water partition coefficient (Wildman–Crippen LogP) is 4.79. The summed E-state index contributed by atoms with van der Waals surface area (Å²) in [6, 6.07) is -0.816. The zero-order valence-corrected chi connectivity index (χ0v) is 16.3. The summed E-state index contributed by atoms with van der Waals surface area (Å²) in [6.45, 7) is 2.25. The lowest BCUT2D eigenvalue weighted by atomic mass is 10.0. The molecule has 0 aliphatic carbocycles. The van der Waals surface area contributed by atoms with Crippen molar-refractivity contribution in [2.24, 2.45) is 5.73 Å². The van der Waals surface area contributed by atoms with Crippen LogP contribution in [0.25, 0.3) is 0 Å². The van der Waals surface area contributed by atoms with Gasteiger partial charge in [-0.25, -0.2) is 4.79 Å². The number of carbonyl (C=O) groups is 2. The van der Waals surface area contributed by atoms with E-state index in [1.54, 1.807) is 0 Å². The molecule has 0 fully saturated rings. The highest BCUT2D eigenvalue weighted by atomic mass is 32.1. The molecule has 142 valence electrons. The van der Waals surface area contributed by atoms with Gasteiger partial charge in [0.2, 0.25) is 0 Å². The highest BCUT2D eigenvalue weighted by molar-refractivity contribution is 7.80. The molecule has 4 nitrogen and oxygen atoms in total. The lowest BCUT2D eigenvalue weighted by Gasteiger charge is -2.07. The molecule has 0 bridgehead atoms. The summed E-state index contributed by atoms with van der Waals surface area (Å²) in [7, 11) is 0. The smallest absolute Gasteiger partial charge is 0.331 e. The Morgan fingerprint density at radius 3 is 1.67 bits per heavy atom. The second-order valence-electron chi connectivity index (χ2n) is 6.57. The summed E-state index contributed by atoms with van der Waals surface area (Å²) < 4.78 is 4.66. The van der Waals surface area contributed by atoms with Crippen LogP contribution in [0, 0.1) is 0 Å². The molecule has 0 saturated carbocycles. The molecule has 0 spiro atoms. The van der Waals surface area contributed by atoms with Gasteiger partial charge in [0.05, 0.1) is 0 Å². The third-order valence-corrected chi connectivity index (χ3v) is 4.59. The Morgan fingerprint density at radius 1 is 0.833 bits per heavy atom. The maximum atomic E-state index is 11.5. The zero-order valence-electron chi connectivity index (χ0n) is 15.4. The minimum atomic E-state index is -0.816. The van der Waals surface area contributed by atoms with Gasteiger partial charge in [-0.15, -0.1) is 0 Å². The van der Waals surface area contributed by atoms with E-state index in [4.69, 9.17) is 5.73 Å². The van der Waals surface area contributed by atoms with Gasteiger partial charge in [0.15, 0.2) is 0 Å². The summed E-state index contributed by atoms with van der Waals surface area (Å²) in [4.78, 5) is 22.8. The van der Waals surface area contributed by atoms with Gasteiger partial charge in [-0.05, 0) is 6.42 Å². The van der Waals surface area contributed by atoms with Crippen LogP contribution in [0.3, 0.4) is 0 Å². The minimum Gasteiger partial charge on any atom is -0.392 e. The van der Waals surface area contributed by atoms with Gasteiger partial charge in [-0.2, -0.15) is 12.6 Å². The predicted molar refractivity (Wildman–Crippen MR) is 103 cm³/mol. The number of carbonyl (C=O) groups excluding carboxylic acids is 2. The highest BCUT2D eigenvalue weighted by Gasteiger charge is 2.16. The van der Waals surface area contributed by atoms with Gasteiger partial charge in [-0.1, -0.05) is 84.0 Å². The van der Waals surface area contributed by atoms with Crippen molar-refractivity contribution in [3.8, 4) is 0 Å². The van der Waals surface area contributed by atoms with Crippen LogP contribution in [0.5, 0.6) is 0 Å². The van der Waals surface area contributed by atoms with Crippen LogP contribution in [0.2, 0.25) is 0 Å². The van der Waals surface area contributed by atoms with Crippen LogP contribution >= 0.6 is 12.6 Å². The summed E-state index contributed by atoms with van der Waals surface area (Å²) in [5.74, 6) is -0.963. The van der Waals surface area contributed by atoms with Crippen molar-refractivity contribution >= 4 is 24.6 Å². The average Bonchev–Trinajstić information content (AvgIpc) is 2.58. The molecule has 0 aromatic heterocycles. The van der Waals surface area contributed by atoms with Gasteiger partial charge in [0.1, 0.15) is 6.04 Å². The molecule has 0 aromatic rings. The Kier molecular flexibility index (Phi) is 16.9. The molecule has 0 aliphatic heterocycles. The van der Waals surface area contributed by atoms with Gasteiger partial charge in [-0.3, -0.25) is 4.79 Å². The maximum Gasteiger partial charge on any atom is 0.331 e. The van der Waals surface area contributed by atoms with Gasteiger partial charge < -0.3 is 10.5 Å². The van der Waals surface area contributed by atoms with Gasteiger partial charge in [0.25, 0.3) is 0 Å². The Bertz CT molecular complexity index is 324. The average molecular weight is 360 g/mol. The Labute approximate surface area is 153 Å². The molecule has 1 atom stereocenters. The number of thiol groups is 1. The van der Waals surface area contributed by atoms with Gasteiger partial charge in [0, 0.05) is 12.2 Å². The lowest BCUT2D eigenvalue weighted by Crippen LogP contribution is -2.35. The van der Waals surface area contributed by atoms with Crippen molar-refractivity contribution in [1.82, 2.24) is 0 Å². The molecular weight excluding hydrogens is 322 g/mol. The van der Waals surface area contributed by atoms with E-state index >= 15 is 0 Å². The monoisotopic (exact) mass is 359 g/mol. The van der Waals surface area contributed by atoms with E-state index in [0.29, 0.717) is 6.42 Å². The SMILES string of the molecule is CCCCCCCCCCCCCCCC(=O)OC(=O)[C@@H](N)CS. The summed E-state index contributed by atoms with van der Waals surface area (Å²) in [5.41, 5.74) is 5.44. The third kappa shape index (κ3) is 15.0. The molecule has 0 aliphatic rings. The van der Waals surface area contributed by atoms with E-state index in [1.807, 2.05) is 0 Å². The molecule has 24 heavy (non-hydrogen) atoms. The molecular formula is C19H37NO3S. The molecule has 0 rings (SSSR count). The summed E-state index contributed by atoms with van der Waals surface area (Å²) in [5, 5.41) is 0. The van der Waals surface area contributed by atoms with Gasteiger partial charge >= 0.3 is 11.9 Å². The fourth-order valence-electron chi connectivity index (χ4n) is 2.60. The number of esters is 2. The summed E-state index contributed by atoms with van der Waals surface area (Å²) in [6.07, 6.45) is 16.7. The van der Waals surface area contributed by atoms with Crippen LogP contribution in [0.4, 0.5) is 0 Å². The number of hydrogen-bond donors (Lipinski definition) is 2. The molecule has 2 N–H and O–H groups in total. The molecule has 0 radical (unpaired) electrons. The van der Waals surface area contributed by atoms with Crippen molar-refractivity contribution in [3.63, 3.8) is 0 Å². The molecule has 0 amide bonds. The van der Waals surface area contributed by atoms with Crippen LogP contribution in [-0.2, 0) is 14.3 Å². The molecule has 0 saturated heterocycles. The Hall–Kier alpha value is -0.550. The van der Waals surface area contributed by atoms with E-state index in [2.05, 4.69) is 24.3 Å². The van der Waals surface area contributed by atoms with Crippen LogP contribution in [0.15, 0.2) is 0 Å². The van der Waals surface area contributed by atoms with Crippen molar-refractivity contribution < 1.29 is 14.3 Å². The first-order valence-corrected chi connectivity index (χ1v) is 10.4. The number of unbranched alkanes of at least 4 members (excludes halogenated alkanes) is 12. The fourth-order valence-corrected chi connectivity index (χ4v) is 2.75. The topological polar surface area (TPSA) is 69.4 Å². The highest BCUT2D eigenvalue weighted by Crippen LogP contribution is 2.13. The Balaban J connectivity index is 3.27. The maximum absolute atomic E-state index is 11.5. The molecule has 0 aromatic carbocycles. The molecule has 5 heteroatoms. The zero-order chi connectivity index (χ0) is 18.0. The summed E-state index contributed by atoms with van der Waals surface area (Å²) >= 11 is 3.90. The lowest BCUT2D eigenvalue weighted by molar-refractivity contribution is -0.160. The van der Waals surface area contributed by atoms with Crippen molar-refractivity contribution in [3.05, 3.63) is 0 Å². The van der Waals surface area contributed by atoms with E-state index in [-0.39, 0.29) is 5.75 Å². The molecule has 0 heterocycles. The first-order valence-electron chi connectivity index (χ1n) is 9.72. The second-order valence-corrected chi connectivity index (χ2v) is 6.94. The van der Waals surface area contributed by atoms with Crippen molar-refractivity contribution in [1.29, 1.82) is 0 Å². The number of ether oxygens (including phenoxy) is 1. The number of hydrogen-bond acceptors (Lipinski definition) is 5. The number of nitrogens with two attached hydrogens (primary N) is 1. The third-order valence-electron chi connectivity index (χ3n) is 4.20. The van der Waals surface area contributed by atoms with Crippen molar-refractivity contribution in [2.75, 3.05) is 5.75 Å². The van der Waals surface area contributed by atoms with Crippen LogP contribution < -0.4 is 5.73 Å². The van der Waals surface area contributed by atoms with E-state index in [1.165, 1.54) is 64.2 Å². The number of rotatable bonds is 16. The Morgan fingerprint density at radius 2 is 1.25 bits per heavy atom. The largest absolute Gasteiger partial charge is 0.392 e. The second kappa shape index (κ2) is 17.3. The first-order chi connectivity index (χ1) is 11.6.